The third kappa shape index (κ3) is 6.14. The maximum Gasteiger partial charge on any atom is 0.0786 e. The Morgan fingerprint density at radius 1 is 0.339 bits per heavy atom. The van der Waals surface area contributed by atoms with Gasteiger partial charge < -0.3 is 0 Å². The van der Waals surface area contributed by atoms with E-state index in [9.17, 15) is 0 Å². The molecule has 0 aliphatic rings. The fraction of sp³-hybridized carbons (Fsp3) is 0. The fourth-order valence-corrected chi connectivity index (χ4v) is 9.70. The number of pyridine rings is 1. The molecular formula is C61H39N. The van der Waals surface area contributed by atoms with Gasteiger partial charge in [0.05, 0.1) is 5.52 Å². The number of hydrogen-bond donors (Lipinski definition) is 0. The number of hydrogen-bond acceptors (Lipinski definition) is 1. The van der Waals surface area contributed by atoms with Crippen molar-refractivity contribution in [2.75, 3.05) is 0 Å². The predicted octanol–water partition coefficient (Wildman–Crippen LogP) is 16.6. The van der Waals surface area contributed by atoms with Gasteiger partial charge in [-0.1, -0.05) is 194 Å². The summed E-state index contributed by atoms with van der Waals surface area (Å²) in [5.74, 6) is 0. The summed E-state index contributed by atoms with van der Waals surface area (Å²) in [7, 11) is 0. The van der Waals surface area contributed by atoms with E-state index in [1.807, 2.05) is 12.3 Å². The van der Waals surface area contributed by atoms with E-state index in [1.165, 1.54) is 104 Å². The van der Waals surface area contributed by atoms with Gasteiger partial charge in [-0.25, -0.2) is 0 Å². The average molecular weight is 786 g/mol. The lowest BCUT2D eigenvalue weighted by atomic mass is 9.83. The molecule has 0 saturated carbocycles. The zero-order chi connectivity index (χ0) is 41.0. The van der Waals surface area contributed by atoms with Crippen molar-refractivity contribution < 1.29 is 0 Å². The Balaban J connectivity index is 1.20. The molecule has 0 N–H and O–H groups in total. The molecule has 1 nitrogen and oxygen atoms in total. The van der Waals surface area contributed by atoms with Gasteiger partial charge in [0.25, 0.3) is 0 Å². The number of benzene rings is 11. The van der Waals surface area contributed by atoms with Gasteiger partial charge in [-0.3, -0.25) is 4.98 Å². The molecule has 12 aromatic rings. The van der Waals surface area contributed by atoms with Crippen molar-refractivity contribution in [3.63, 3.8) is 0 Å². The van der Waals surface area contributed by atoms with E-state index >= 15 is 0 Å². The van der Waals surface area contributed by atoms with Gasteiger partial charge in [0, 0.05) is 17.0 Å². The number of fused-ring (bicyclic) bond motifs is 7. The molecule has 62 heavy (non-hydrogen) atoms. The fourth-order valence-electron chi connectivity index (χ4n) is 9.70. The lowest BCUT2D eigenvalue weighted by Crippen LogP contribution is -1.94. The maximum absolute atomic E-state index is 4.93. The van der Waals surface area contributed by atoms with E-state index < -0.39 is 0 Å². The Morgan fingerprint density at radius 3 is 1.52 bits per heavy atom. The summed E-state index contributed by atoms with van der Waals surface area (Å²) in [6.07, 6.45) is 4.26. The Bertz CT molecular complexity index is 3690. The van der Waals surface area contributed by atoms with Crippen LogP contribution in [0.3, 0.4) is 0 Å². The molecule has 12 rings (SSSR count). The van der Waals surface area contributed by atoms with Crippen LogP contribution < -0.4 is 0 Å². The zero-order valence-corrected chi connectivity index (χ0v) is 34.0. The number of aromatic nitrogens is 1. The molecule has 0 unspecified atom stereocenters. The first-order chi connectivity index (χ1) is 30.7. The maximum atomic E-state index is 4.93. The summed E-state index contributed by atoms with van der Waals surface area (Å²) >= 11 is 0. The summed E-state index contributed by atoms with van der Waals surface area (Å²) in [6, 6.07) is 82.2. The summed E-state index contributed by atoms with van der Waals surface area (Å²) in [6.45, 7) is 0. The standard InChI is InChI=1S/C61H39N/c1-3-15-43(16-4-1)55(44-17-5-2-6-18-44)35-40-24-32-53-56(36-40)58(50-29-25-41-13-7-9-19-47(41)37-50)54-33-31-49(39-57(54)59(53)51-30-26-42-14-8-10-20-48(42)38-51)52-23-11-21-45-27-28-46-22-12-34-62-61(46)60(45)52/h1-39H. The van der Waals surface area contributed by atoms with Crippen LogP contribution in [0.25, 0.3) is 110 Å². The van der Waals surface area contributed by atoms with Crippen LogP contribution >= 0.6 is 0 Å². The SMILES string of the molecule is C(=C(c1ccccc1)c1ccccc1)c1ccc2c(-c3ccc4ccccc4c3)c3cc(-c4cccc5ccc6cccnc6c45)ccc3c(-c3ccc4ccccc4c3)c2c1. The Labute approximate surface area is 360 Å². The van der Waals surface area contributed by atoms with Crippen molar-refractivity contribution in [1.29, 1.82) is 0 Å². The van der Waals surface area contributed by atoms with Crippen molar-refractivity contribution >= 4 is 76.4 Å². The minimum absolute atomic E-state index is 1.02. The van der Waals surface area contributed by atoms with E-state index in [-0.39, 0.29) is 0 Å². The van der Waals surface area contributed by atoms with E-state index in [0.717, 1.165) is 16.5 Å². The largest absolute Gasteiger partial charge is 0.256 e. The van der Waals surface area contributed by atoms with E-state index in [0.29, 0.717) is 0 Å². The number of nitrogens with zero attached hydrogens (tertiary/aromatic N) is 1. The molecule has 0 aliphatic carbocycles. The first-order valence-corrected chi connectivity index (χ1v) is 21.3. The Morgan fingerprint density at radius 2 is 0.855 bits per heavy atom. The van der Waals surface area contributed by atoms with E-state index in [2.05, 4.69) is 224 Å². The Kier molecular flexibility index (Phi) is 8.57. The second kappa shape index (κ2) is 14.9. The molecule has 1 heterocycles. The van der Waals surface area contributed by atoms with Crippen molar-refractivity contribution in [2.45, 2.75) is 0 Å². The van der Waals surface area contributed by atoms with Crippen LogP contribution in [0.1, 0.15) is 16.7 Å². The quantitative estimate of drug-likeness (QED) is 0.0929. The van der Waals surface area contributed by atoms with Crippen molar-refractivity contribution in [3.8, 4) is 33.4 Å². The molecule has 0 amide bonds. The molecule has 0 fully saturated rings. The molecule has 0 saturated heterocycles. The van der Waals surface area contributed by atoms with Crippen LogP contribution in [0.4, 0.5) is 0 Å². The molecule has 0 atom stereocenters. The molecule has 0 radical (unpaired) electrons. The molecule has 0 spiro atoms. The third-order valence-electron chi connectivity index (χ3n) is 12.6. The topological polar surface area (TPSA) is 12.9 Å². The molecule has 1 heteroatoms. The molecule has 11 aromatic carbocycles. The summed E-state index contributed by atoms with van der Waals surface area (Å²) in [5.41, 5.74) is 13.0. The van der Waals surface area contributed by atoms with Gasteiger partial charge in [-0.2, -0.15) is 0 Å². The first kappa shape index (κ1) is 35.8. The van der Waals surface area contributed by atoms with Gasteiger partial charge in [0.1, 0.15) is 0 Å². The smallest absolute Gasteiger partial charge is 0.0786 e. The van der Waals surface area contributed by atoms with Crippen LogP contribution in [0.2, 0.25) is 0 Å². The van der Waals surface area contributed by atoms with Gasteiger partial charge in [0.15, 0.2) is 0 Å². The van der Waals surface area contributed by atoms with Gasteiger partial charge in [-0.05, 0) is 141 Å². The normalized spacial score (nSPS) is 11.5. The highest BCUT2D eigenvalue weighted by atomic mass is 14.6. The van der Waals surface area contributed by atoms with Crippen molar-refractivity contribution in [3.05, 3.63) is 247 Å². The van der Waals surface area contributed by atoms with Crippen molar-refractivity contribution in [2.24, 2.45) is 0 Å². The molecule has 0 aliphatic heterocycles. The van der Waals surface area contributed by atoms with Crippen molar-refractivity contribution in [1.82, 2.24) is 4.98 Å². The lowest BCUT2D eigenvalue weighted by Gasteiger charge is -2.20. The second-order valence-electron chi connectivity index (χ2n) is 16.3. The van der Waals surface area contributed by atoms with Gasteiger partial charge in [0.2, 0.25) is 0 Å². The summed E-state index contributed by atoms with van der Waals surface area (Å²) < 4.78 is 0. The number of rotatable bonds is 6. The van der Waals surface area contributed by atoms with Gasteiger partial charge in [-0.15, -0.1) is 0 Å². The minimum Gasteiger partial charge on any atom is -0.256 e. The molecule has 288 valence electrons. The molecule has 1 aromatic heterocycles. The zero-order valence-electron chi connectivity index (χ0n) is 34.0. The molecule has 0 bridgehead atoms. The monoisotopic (exact) mass is 785 g/mol. The van der Waals surface area contributed by atoms with Crippen LogP contribution in [-0.2, 0) is 0 Å². The molecular weight excluding hydrogens is 747 g/mol. The summed E-state index contributed by atoms with van der Waals surface area (Å²) in [4.78, 5) is 4.93. The van der Waals surface area contributed by atoms with Gasteiger partial charge >= 0.3 is 0 Å². The minimum atomic E-state index is 1.02. The average Bonchev–Trinajstić information content (AvgIpc) is 3.34. The van der Waals surface area contributed by atoms with Crippen LogP contribution in [0.15, 0.2) is 231 Å². The highest BCUT2D eigenvalue weighted by Gasteiger charge is 2.20. The van der Waals surface area contributed by atoms with Crippen LogP contribution in [-0.4, -0.2) is 4.98 Å². The predicted molar refractivity (Wildman–Crippen MR) is 265 cm³/mol. The second-order valence-corrected chi connectivity index (χ2v) is 16.3. The summed E-state index contributed by atoms with van der Waals surface area (Å²) in [5, 5.41) is 13.3. The highest BCUT2D eigenvalue weighted by molar-refractivity contribution is 6.24. The lowest BCUT2D eigenvalue weighted by molar-refractivity contribution is 1.43. The third-order valence-corrected chi connectivity index (χ3v) is 12.6. The first-order valence-electron chi connectivity index (χ1n) is 21.3. The van der Waals surface area contributed by atoms with Crippen LogP contribution in [0.5, 0.6) is 0 Å². The van der Waals surface area contributed by atoms with E-state index in [4.69, 9.17) is 4.98 Å². The Hall–Kier alpha value is -8.13. The van der Waals surface area contributed by atoms with E-state index in [1.54, 1.807) is 0 Å². The van der Waals surface area contributed by atoms with Crippen LogP contribution in [0, 0.1) is 0 Å². The highest BCUT2D eigenvalue weighted by Crippen LogP contribution is 2.47.